The number of nitrogens with zero attached hydrogens (tertiary/aromatic N) is 3. The lowest BCUT2D eigenvalue weighted by molar-refractivity contribution is 0.119. The number of nitrogens with one attached hydrogen (secondary N) is 2. The molecule has 0 amide bonds. The largest absolute Gasteiger partial charge is 0.378 e. The van der Waals surface area contributed by atoms with Gasteiger partial charge >= 0.3 is 0 Å². The smallest absolute Gasteiger partial charge is 0.275 e. The summed E-state index contributed by atoms with van der Waals surface area (Å²) in [6.07, 6.45) is 2.77. The maximum absolute atomic E-state index is 13.3. The molecule has 0 bridgehead atoms. The second-order valence-electron chi connectivity index (χ2n) is 8.89. The van der Waals surface area contributed by atoms with Crippen molar-refractivity contribution in [1.29, 1.82) is 0 Å². The third-order valence-electron chi connectivity index (χ3n) is 6.45. The van der Waals surface area contributed by atoms with Crippen molar-refractivity contribution in [3.63, 3.8) is 0 Å². The highest BCUT2D eigenvalue weighted by Gasteiger charge is 2.19. The first-order valence-electron chi connectivity index (χ1n) is 12.5. The molecule has 8 nitrogen and oxygen atoms in total. The van der Waals surface area contributed by atoms with Gasteiger partial charge in [0.2, 0.25) is 0 Å². The van der Waals surface area contributed by atoms with Gasteiger partial charge in [0, 0.05) is 49.6 Å². The Bertz CT molecular complexity index is 1170. The predicted molar refractivity (Wildman–Crippen MR) is 141 cm³/mol. The van der Waals surface area contributed by atoms with Crippen molar-refractivity contribution in [2.24, 2.45) is 0 Å². The fourth-order valence-corrected chi connectivity index (χ4v) is 4.51. The summed E-state index contributed by atoms with van der Waals surface area (Å²) in [5.74, 6) is 0. The van der Waals surface area contributed by atoms with Gasteiger partial charge in [-0.05, 0) is 57.1 Å². The molecule has 0 aliphatic carbocycles. The van der Waals surface area contributed by atoms with Crippen LogP contribution in [0.3, 0.4) is 0 Å². The summed E-state index contributed by atoms with van der Waals surface area (Å²) >= 11 is 0. The van der Waals surface area contributed by atoms with Crippen molar-refractivity contribution in [2.75, 3.05) is 56.7 Å². The molecule has 1 saturated heterocycles. The lowest BCUT2D eigenvalue weighted by atomic mass is 10.0. The van der Waals surface area contributed by atoms with Gasteiger partial charge in [0.05, 0.1) is 19.8 Å². The van der Waals surface area contributed by atoms with E-state index in [2.05, 4.69) is 51.7 Å². The molecule has 2 N–H and O–H groups in total. The van der Waals surface area contributed by atoms with Gasteiger partial charge in [-0.25, -0.2) is 4.98 Å². The predicted octanol–water partition coefficient (Wildman–Crippen LogP) is 3.55. The molecular formula is C27H37N5O3. The zero-order valence-electron chi connectivity index (χ0n) is 21.0. The molecule has 1 atom stereocenters. The van der Waals surface area contributed by atoms with Crippen LogP contribution in [0.1, 0.15) is 37.4 Å². The number of ether oxygens (including phenoxy) is 2. The van der Waals surface area contributed by atoms with E-state index in [4.69, 9.17) is 9.47 Å². The van der Waals surface area contributed by atoms with E-state index in [9.17, 15) is 4.79 Å². The van der Waals surface area contributed by atoms with E-state index in [-0.39, 0.29) is 11.6 Å². The van der Waals surface area contributed by atoms with Crippen LogP contribution in [-0.2, 0) is 22.6 Å². The molecule has 0 saturated carbocycles. The molecule has 0 radical (unpaired) electrons. The molecule has 0 spiro atoms. The molecule has 8 heteroatoms. The van der Waals surface area contributed by atoms with Gasteiger partial charge in [-0.1, -0.05) is 24.3 Å². The van der Waals surface area contributed by atoms with Crippen molar-refractivity contribution in [1.82, 2.24) is 14.9 Å². The Morgan fingerprint density at radius 1 is 1.20 bits per heavy atom. The first-order valence-corrected chi connectivity index (χ1v) is 12.5. The summed E-state index contributed by atoms with van der Waals surface area (Å²) in [6, 6.07) is 12.6. The zero-order chi connectivity index (χ0) is 24.6. The van der Waals surface area contributed by atoms with Gasteiger partial charge in [-0.15, -0.1) is 0 Å². The number of rotatable bonds is 11. The third kappa shape index (κ3) is 6.01. The van der Waals surface area contributed by atoms with E-state index in [1.165, 1.54) is 5.56 Å². The standard InChI is InChI=1S/C27H37N5O3/c1-4-32-26-23(18-25(27(32)33)31-12-15-34-16-13-31)24(9-11-29-26)30-20(2)22-8-5-7-21(17-22)19-35-14-6-10-28-3/h5,7-9,11,17-18,20,28H,4,6,10,12-16,19H2,1-3H3,(H,29,30). The van der Waals surface area contributed by atoms with Crippen LogP contribution in [0.4, 0.5) is 11.4 Å². The van der Waals surface area contributed by atoms with E-state index in [1.807, 2.05) is 26.1 Å². The first kappa shape index (κ1) is 25.2. The van der Waals surface area contributed by atoms with Crippen molar-refractivity contribution in [2.45, 2.75) is 39.5 Å². The fourth-order valence-electron chi connectivity index (χ4n) is 4.51. The Morgan fingerprint density at radius 3 is 2.80 bits per heavy atom. The summed E-state index contributed by atoms with van der Waals surface area (Å²) in [5, 5.41) is 7.75. The normalized spacial score (nSPS) is 14.9. The highest BCUT2D eigenvalue weighted by Crippen LogP contribution is 2.28. The number of aryl methyl sites for hydroxylation is 1. The van der Waals surface area contributed by atoms with Crippen molar-refractivity contribution < 1.29 is 9.47 Å². The van der Waals surface area contributed by atoms with Gasteiger partial charge < -0.3 is 25.0 Å². The fraction of sp³-hybridized carbons (Fsp3) is 0.481. The zero-order valence-corrected chi connectivity index (χ0v) is 21.0. The Kier molecular flexibility index (Phi) is 8.74. The first-order chi connectivity index (χ1) is 17.1. The van der Waals surface area contributed by atoms with Crippen LogP contribution in [0.15, 0.2) is 47.4 Å². The topological polar surface area (TPSA) is 80.7 Å². The second-order valence-corrected chi connectivity index (χ2v) is 8.89. The summed E-state index contributed by atoms with van der Waals surface area (Å²) < 4.78 is 13.1. The molecule has 4 rings (SSSR count). The Balaban J connectivity index is 1.58. The molecule has 1 aliphatic rings. The lowest BCUT2D eigenvalue weighted by Gasteiger charge is -2.29. The molecule has 3 aromatic rings. The molecule has 1 fully saturated rings. The van der Waals surface area contributed by atoms with Crippen LogP contribution in [0.25, 0.3) is 11.0 Å². The SMILES string of the molecule is CCn1c(=O)c(N2CCOCC2)cc2c(NC(C)c3cccc(COCCCNC)c3)ccnc21. The lowest BCUT2D eigenvalue weighted by Crippen LogP contribution is -2.40. The van der Waals surface area contributed by atoms with Crippen LogP contribution >= 0.6 is 0 Å². The maximum Gasteiger partial charge on any atom is 0.275 e. The minimum atomic E-state index is 0.00187. The highest BCUT2D eigenvalue weighted by molar-refractivity contribution is 5.91. The number of fused-ring (bicyclic) bond motifs is 1. The third-order valence-corrected chi connectivity index (χ3v) is 6.45. The average Bonchev–Trinajstić information content (AvgIpc) is 2.89. The number of aromatic nitrogens is 2. The Labute approximate surface area is 207 Å². The summed E-state index contributed by atoms with van der Waals surface area (Å²) in [7, 11) is 1.95. The van der Waals surface area contributed by atoms with Crippen LogP contribution in [0.2, 0.25) is 0 Å². The minimum absolute atomic E-state index is 0.00187. The molecular weight excluding hydrogens is 442 g/mol. The Hall–Kier alpha value is -2.94. The molecule has 1 unspecified atom stereocenters. The number of hydrogen-bond acceptors (Lipinski definition) is 7. The van der Waals surface area contributed by atoms with Crippen LogP contribution in [-0.4, -0.2) is 56.1 Å². The molecule has 35 heavy (non-hydrogen) atoms. The van der Waals surface area contributed by atoms with Gasteiger partial charge in [-0.2, -0.15) is 0 Å². The van der Waals surface area contributed by atoms with E-state index >= 15 is 0 Å². The Morgan fingerprint density at radius 2 is 2.03 bits per heavy atom. The van der Waals surface area contributed by atoms with E-state index in [1.54, 1.807) is 10.8 Å². The van der Waals surface area contributed by atoms with Crippen LogP contribution < -0.4 is 21.1 Å². The van der Waals surface area contributed by atoms with E-state index < -0.39 is 0 Å². The maximum atomic E-state index is 13.3. The van der Waals surface area contributed by atoms with Gasteiger partial charge in [-0.3, -0.25) is 9.36 Å². The van der Waals surface area contributed by atoms with Crippen LogP contribution in [0, 0.1) is 0 Å². The van der Waals surface area contributed by atoms with Crippen molar-refractivity contribution in [3.8, 4) is 0 Å². The number of hydrogen-bond donors (Lipinski definition) is 2. The van der Waals surface area contributed by atoms with Crippen molar-refractivity contribution in [3.05, 3.63) is 64.1 Å². The molecule has 2 aromatic heterocycles. The quantitative estimate of drug-likeness (QED) is 0.407. The molecule has 188 valence electrons. The average molecular weight is 480 g/mol. The van der Waals surface area contributed by atoms with Crippen molar-refractivity contribution >= 4 is 22.4 Å². The molecule has 1 aromatic carbocycles. The summed E-state index contributed by atoms with van der Waals surface area (Å²) in [5.41, 5.74) is 4.73. The summed E-state index contributed by atoms with van der Waals surface area (Å²) in [4.78, 5) is 19.9. The van der Waals surface area contributed by atoms with Gasteiger partial charge in [0.25, 0.3) is 5.56 Å². The summed E-state index contributed by atoms with van der Waals surface area (Å²) in [6.45, 7) is 9.71. The monoisotopic (exact) mass is 479 g/mol. The molecule has 3 heterocycles. The number of benzene rings is 1. The highest BCUT2D eigenvalue weighted by atomic mass is 16.5. The van der Waals surface area contributed by atoms with Crippen LogP contribution in [0.5, 0.6) is 0 Å². The van der Waals surface area contributed by atoms with Gasteiger partial charge in [0.1, 0.15) is 11.3 Å². The number of anilines is 2. The minimum Gasteiger partial charge on any atom is -0.378 e. The number of morpholine rings is 1. The second kappa shape index (κ2) is 12.2. The van der Waals surface area contributed by atoms with E-state index in [0.29, 0.717) is 50.8 Å². The number of pyridine rings is 2. The van der Waals surface area contributed by atoms with E-state index in [0.717, 1.165) is 36.2 Å². The molecule has 1 aliphatic heterocycles. The van der Waals surface area contributed by atoms with Gasteiger partial charge in [0.15, 0.2) is 0 Å².